The molecule has 1 aliphatic rings. The largest absolute Gasteiger partial charge is 0.463 e. The molecule has 162 valence electrons. The molecule has 0 saturated carbocycles. The number of benzene rings is 2. The second kappa shape index (κ2) is 9.54. The van der Waals surface area contributed by atoms with Gasteiger partial charge in [-0.2, -0.15) is 0 Å². The van der Waals surface area contributed by atoms with Gasteiger partial charge in [-0.3, -0.25) is 14.5 Å². The highest BCUT2D eigenvalue weighted by Crippen LogP contribution is 2.34. The van der Waals surface area contributed by atoms with Gasteiger partial charge in [0, 0.05) is 23.5 Å². The maximum atomic E-state index is 13.1. The number of rotatable bonds is 5. The van der Waals surface area contributed by atoms with Gasteiger partial charge in [0.2, 0.25) is 11.8 Å². The van der Waals surface area contributed by atoms with E-state index >= 15 is 0 Å². The van der Waals surface area contributed by atoms with Crippen LogP contribution < -0.4 is 10.2 Å². The van der Waals surface area contributed by atoms with Crippen molar-refractivity contribution >= 4 is 52.4 Å². The molecule has 2 aromatic carbocycles. The van der Waals surface area contributed by atoms with Gasteiger partial charge in [0.25, 0.3) is 0 Å². The van der Waals surface area contributed by atoms with Gasteiger partial charge in [0.15, 0.2) is 0 Å². The molecule has 2 aromatic rings. The average Bonchev–Trinajstić information content (AvgIpc) is 2.71. The van der Waals surface area contributed by atoms with E-state index in [1.807, 2.05) is 19.1 Å². The minimum absolute atomic E-state index is 0.148. The zero-order chi connectivity index (χ0) is 22.7. The topological polar surface area (TPSA) is 75.7 Å². The molecule has 1 aliphatic heterocycles. The lowest BCUT2D eigenvalue weighted by Crippen LogP contribution is -2.43. The zero-order valence-corrected chi connectivity index (χ0v) is 18.9. The molecule has 0 radical (unpaired) electrons. The molecule has 3 rings (SSSR count). The molecule has 0 unspecified atom stereocenters. The molecule has 31 heavy (non-hydrogen) atoms. The molecule has 2 amide bonds. The van der Waals surface area contributed by atoms with Gasteiger partial charge >= 0.3 is 5.97 Å². The third-order valence-corrected chi connectivity index (χ3v) is 5.73. The van der Waals surface area contributed by atoms with E-state index in [0.717, 1.165) is 5.56 Å². The first-order chi connectivity index (χ1) is 14.7. The number of ether oxygens (including phenoxy) is 1. The van der Waals surface area contributed by atoms with Crippen molar-refractivity contribution in [3.8, 4) is 0 Å². The van der Waals surface area contributed by atoms with E-state index in [0.29, 0.717) is 22.1 Å². The lowest BCUT2D eigenvalue weighted by Gasteiger charge is -2.33. The van der Waals surface area contributed by atoms with E-state index in [-0.39, 0.29) is 29.5 Å². The number of amides is 2. The van der Waals surface area contributed by atoms with Gasteiger partial charge < -0.3 is 10.1 Å². The number of carbonyl (C=O) groups is 3. The minimum atomic E-state index is -0.997. The van der Waals surface area contributed by atoms with Gasteiger partial charge in [-0.1, -0.05) is 40.9 Å². The molecule has 1 atom stereocenters. The third-order valence-electron chi connectivity index (χ3n) is 4.99. The second-order valence-corrected chi connectivity index (χ2v) is 7.97. The van der Waals surface area contributed by atoms with Crippen LogP contribution in [0.4, 0.5) is 11.4 Å². The van der Waals surface area contributed by atoms with Crippen LogP contribution in [0, 0.1) is 12.8 Å². The Morgan fingerprint density at radius 3 is 2.39 bits per heavy atom. The van der Waals surface area contributed by atoms with Crippen LogP contribution in [-0.2, 0) is 19.1 Å². The molecular weight excluding hydrogens is 439 g/mol. The van der Waals surface area contributed by atoms with Crippen molar-refractivity contribution in [2.24, 2.45) is 5.92 Å². The normalized spacial score (nSPS) is 16.4. The molecule has 0 fully saturated rings. The second-order valence-electron chi connectivity index (χ2n) is 7.16. The molecule has 0 aliphatic carbocycles. The Morgan fingerprint density at radius 1 is 1.10 bits per heavy atom. The number of nitrogens with one attached hydrogen (secondary N) is 1. The Kier molecular flexibility index (Phi) is 7.03. The Morgan fingerprint density at radius 2 is 1.77 bits per heavy atom. The monoisotopic (exact) mass is 460 g/mol. The Balaban J connectivity index is 1.99. The average molecular weight is 461 g/mol. The number of carbonyl (C=O) groups excluding carboxylic acids is 3. The van der Waals surface area contributed by atoms with Gasteiger partial charge in [-0.25, -0.2) is 4.79 Å². The Labute approximate surface area is 190 Å². The number of aryl methyl sites for hydroxylation is 1. The minimum Gasteiger partial charge on any atom is -0.463 e. The fraction of sp³-hybridized carbons (Fsp3) is 0.261. The van der Waals surface area contributed by atoms with Gasteiger partial charge in [-0.05, 0) is 51.1 Å². The predicted octanol–water partition coefficient (Wildman–Crippen LogP) is 5.13. The van der Waals surface area contributed by atoms with E-state index in [1.54, 1.807) is 38.1 Å². The van der Waals surface area contributed by atoms with Crippen LogP contribution in [-0.4, -0.2) is 24.4 Å². The number of halogens is 2. The first kappa shape index (κ1) is 22.8. The Bertz CT molecular complexity index is 1060. The number of anilines is 2. The summed E-state index contributed by atoms with van der Waals surface area (Å²) in [6.45, 7) is 5.42. The van der Waals surface area contributed by atoms with E-state index < -0.39 is 17.8 Å². The summed E-state index contributed by atoms with van der Waals surface area (Å²) >= 11 is 11.9. The number of allylic oxidation sites excluding steroid dienone is 1. The highest BCUT2D eigenvalue weighted by molar-refractivity contribution is 6.42. The summed E-state index contributed by atoms with van der Waals surface area (Å²) in [5, 5.41) is 3.35. The molecule has 8 heteroatoms. The van der Waals surface area contributed by atoms with Crippen molar-refractivity contribution in [2.75, 3.05) is 16.8 Å². The van der Waals surface area contributed by atoms with Crippen molar-refractivity contribution in [3.63, 3.8) is 0 Å². The fourth-order valence-electron chi connectivity index (χ4n) is 3.48. The van der Waals surface area contributed by atoms with Crippen LogP contribution in [0.5, 0.6) is 0 Å². The summed E-state index contributed by atoms with van der Waals surface area (Å²) in [7, 11) is 0. The Hall–Kier alpha value is -2.83. The van der Waals surface area contributed by atoms with Crippen LogP contribution in [0.3, 0.4) is 0 Å². The van der Waals surface area contributed by atoms with Crippen LogP contribution in [0.1, 0.15) is 25.8 Å². The number of esters is 1. The number of hydrogen-bond donors (Lipinski definition) is 1. The highest BCUT2D eigenvalue weighted by Gasteiger charge is 2.40. The van der Waals surface area contributed by atoms with Gasteiger partial charge in [-0.15, -0.1) is 0 Å². The van der Waals surface area contributed by atoms with E-state index in [9.17, 15) is 14.4 Å². The molecule has 6 nitrogen and oxygen atoms in total. The molecule has 0 saturated heterocycles. The standard InChI is InChI=1S/C23H22Cl2N2O4/c1-4-31-23(30)21-14(3)27(16-8-5-13(2)6-9-16)20(28)12-17(21)22(29)26-15-7-10-18(24)19(25)11-15/h5-11,17H,4,12H2,1-3H3,(H,26,29)/t17-/m1/s1. The van der Waals surface area contributed by atoms with Gasteiger partial charge in [0.05, 0.1) is 28.1 Å². The molecule has 0 bridgehead atoms. The van der Waals surface area contributed by atoms with Crippen molar-refractivity contribution in [1.82, 2.24) is 0 Å². The van der Waals surface area contributed by atoms with Crippen molar-refractivity contribution in [1.29, 1.82) is 0 Å². The quantitative estimate of drug-likeness (QED) is 0.627. The highest BCUT2D eigenvalue weighted by atomic mass is 35.5. The SMILES string of the molecule is CCOC(=O)C1=C(C)N(c2ccc(C)cc2)C(=O)C[C@H]1C(=O)Nc1ccc(Cl)c(Cl)c1. The summed E-state index contributed by atoms with van der Waals surface area (Å²) in [5.41, 5.74) is 2.60. The van der Waals surface area contributed by atoms with Crippen LogP contribution in [0.15, 0.2) is 53.7 Å². The summed E-state index contributed by atoms with van der Waals surface area (Å²) in [6, 6.07) is 12.0. The van der Waals surface area contributed by atoms with E-state index in [1.165, 1.54) is 11.0 Å². The van der Waals surface area contributed by atoms with E-state index in [4.69, 9.17) is 27.9 Å². The summed E-state index contributed by atoms with van der Waals surface area (Å²) in [4.78, 5) is 40.3. The van der Waals surface area contributed by atoms with E-state index in [2.05, 4.69) is 5.32 Å². The number of hydrogen-bond acceptors (Lipinski definition) is 4. The first-order valence-corrected chi connectivity index (χ1v) is 10.5. The summed E-state index contributed by atoms with van der Waals surface area (Å²) in [6.07, 6.45) is -0.174. The lowest BCUT2D eigenvalue weighted by molar-refractivity contribution is -0.141. The summed E-state index contributed by atoms with van der Waals surface area (Å²) < 4.78 is 5.20. The molecule has 0 spiro atoms. The van der Waals surface area contributed by atoms with Crippen molar-refractivity contribution < 1.29 is 19.1 Å². The van der Waals surface area contributed by atoms with Crippen molar-refractivity contribution in [2.45, 2.75) is 27.2 Å². The smallest absolute Gasteiger partial charge is 0.336 e. The van der Waals surface area contributed by atoms with Crippen LogP contribution in [0.2, 0.25) is 10.0 Å². The third kappa shape index (κ3) is 4.92. The molecule has 1 heterocycles. The first-order valence-electron chi connectivity index (χ1n) is 9.76. The fourth-order valence-corrected chi connectivity index (χ4v) is 3.78. The molecule has 0 aromatic heterocycles. The lowest BCUT2D eigenvalue weighted by atomic mass is 9.88. The predicted molar refractivity (Wildman–Crippen MR) is 121 cm³/mol. The molecular formula is C23H22Cl2N2O4. The number of nitrogens with zero attached hydrogens (tertiary/aromatic N) is 1. The maximum Gasteiger partial charge on any atom is 0.336 e. The van der Waals surface area contributed by atoms with Crippen LogP contribution >= 0.6 is 23.2 Å². The zero-order valence-electron chi connectivity index (χ0n) is 17.4. The van der Waals surface area contributed by atoms with Crippen molar-refractivity contribution in [3.05, 3.63) is 69.3 Å². The maximum absolute atomic E-state index is 13.1. The van der Waals surface area contributed by atoms with Gasteiger partial charge in [0.1, 0.15) is 0 Å². The molecule has 1 N–H and O–H groups in total. The summed E-state index contributed by atoms with van der Waals surface area (Å²) in [5.74, 6) is -2.41. The van der Waals surface area contributed by atoms with Crippen LogP contribution in [0.25, 0.3) is 0 Å².